The van der Waals surface area contributed by atoms with Crippen LogP contribution in [-0.4, -0.2) is 33.2 Å². The highest BCUT2D eigenvalue weighted by atomic mass is 16.4. The first-order valence-electron chi connectivity index (χ1n) is 8.39. The minimum atomic E-state index is -0.832. The molecule has 1 aromatic carbocycles. The van der Waals surface area contributed by atoms with E-state index in [4.69, 9.17) is 0 Å². The fourth-order valence-electron chi connectivity index (χ4n) is 3.91. The van der Waals surface area contributed by atoms with E-state index < -0.39 is 6.09 Å². The highest BCUT2D eigenvalue weighted by Crippen LogP contribution is 2.43. The van der Waals surface area contributed by atoms with Crippen molar-refractivity contribution in [3.63, 3.8) is 0 Å². The quantitative estimate of drug-likeness (QED) is 0.869. The van der Waals surface area contributed by atoms with Gasteiger partial charge in [0, 0.05) is 28.7 Å². The number of nitrogens with one attached hydrogen (secondary N) is 1. The second-order valence-electron chi connectivity index (χ2n) is 7.75. The smallest absolute Gasteiger partial charge is 0.407 e. The first kappa shape index (κ1) is 15.9. The molecule has 1 aromatic heterocycles. The van der Waals surface area contributed by atoms with Crippen molar-refractivity contribution in [3.8, 4) is 0 Å². The number of hydrogen-bond donors (Lipinski definition) is 2. The van der Waals surface area contributed by atoms with Crippen molar-refractivity contribution in [1.82, 2.24) is 9.88 Å². The number of fused-ring (bicyclic) bond motifs is 3. The maximum atomic E-state index is 11.6. The van der Waals surface area contributed by atoms with Crippen LogP contribution in [0.3, 0.4) is 0 Å². The van der Waals surface area contributed by atoms with Crippen LogP contribution in [0.1, 0.15) is 51.3 Å². The number of rotatable bonds is 3. The van der Waals surface area contributed by atoms with Crippen LogP contribution < -0.4 is 0 Å². The Bertz CT molecular complexity index is 727. The molecule has 2 aromatic rings. The fraction of sp³-hybridized carbons (Fsp3) is 0.526. The molecule has 3 rings (SSSR count). The number of aromatic nitrogens is 1. The third-order valence-corrected chi connectivity index (χ3v) is 5.10. The van der Waals surface area contributed by atoms with E-state index in [9.17, 15) is 9.90 Å². The van der Waals surface area contributed by atoms with Crippen molar-refractivity contribution < 1.29 is 9.90 Å². The Morgan fingerprint density at radius 1 is 1.39 bits per heavy atom. The summed E-state index contributed by atoms with van der Waals surface area (Å²) < 4.78 is 0. The Morgan fingerprint density at radius 3 is 2.74 bits per heavy atom. The molecule has 1 amide bonds. The number of hydrogen-bond acceptors (Lipinski definition) is 1. The number of aromatic amines is 1. The van der Waals surface area contributed by atoms with Gasteiger partial charge in [0.15, 0.2) is 0 Å². The average Bonchev–Trinajstić information content (AvgIpc) is 3.01. The molecule has 2 atom stereocenters. The van der Waals surface area contributed by atoms with E-state index in [0.29, 0.717) is 18.4 Å². The predicted molar refractivity (Wildman–Crippen MR) is 93.0 cm³/mol. The van der Waals surface area contributed by atoms with Crippen molar-refractivity contribution >= 4 is 17.0 Å². The Labute approximate surface area is 137 Å². The van der Waals surface area contributed by atoms with Crippen molar-refractivity contribution in [2.24, 2.45) is 5.92 Å². The third-order valence-electron chi connectivity index (χ3n) is 5.10. The zero-order valence-electron chi connectivity index (χ0n) is 14.4. The molecule has 2 unspecified atom stereocenters. The summed E-state index contributed by atoms with van der Waals surface area (Å²) in [7, 11) is 0. The van der Waals surface area contributed by atoms with Gasteiger partial charge in [0.25, 0.3) is 0 Å². The molecule has 0 aliphatic heterocycles. The maximum Gasteiger partial charge on any atom is 0.407 e. The lowest BCUT2D eigenvalue weighted by Crippen LogP contribution is -2.47. The molecule has 0 bridgehead atoms. The van der Waals surface area contributed by atoms with Gasteiger partial charge in [-0.15, -0.1) is 0 Å². The monoisotopic (exact) mass is 314 g/mol. The van der Waals surface area contributed by atoms with Gasteiger partial charge in [-0.3, -0.25) is 0 Å². The van der Waals surface area contributed by atoms with Gasteiger partial charge in [-0.05, 0) is 57.1 Å². The molecule has 1 heterocycles. The molecule has 2 N–H and O–H groups in total. The van der Waals surface area contributed by atoms with Gasteiger partial charge in [-0.2, -0.15) is 0 Å². The summed E-state index contributed by atoms with van der Waals surface area (Å²) in [6.07, 6.45) is 1.33. The molecule has 124 valence electrons. The molecule has 1 aliphatic carbocycles. The molecule has 4 nitrogen and oxygen atoms in total. The highest BCUT2D eigenvalue weighted by Gasteiger charge is 2.34. The minimum Gasteiger partial charge on any atom is -0.465 e. The maximum absolute atomic E-state index is 11.6. The zero-order valence-corrected chi connectivity index (χ0v) is 14.4. The Morgan fingerprint density at radius 2 is 2.09 bits per heavy atom. The van der Waals surface area contributed by atoms with E-state index in [1.54, 1.807) is 4.90 Å². The van der Waals surface area contributed by atoms with Crippen LogP contribution in [0.15, 0.2) is 24.3 Å². The molecular formula is C19H26N2O2. The van der Waals surface area contributed by atoms with E-state index in [0.717, 1.165) is 12.8 Å². The average molecular weight is 314 g/mol. The Balaban J connectivity index is 1.88. The van der Waals surface area contributed by atoms with E-state index in [1.807, 2.05) is 20.8 Å². The molecule has 0 spiro atoms. The molecular weight excluding hydrogens is 288 g/mol. The molecule has 23 heavy (non-hydrogen) atoms. The molecule has 0 fully saturated rings. The van der Waals surface area contributed by atoms with Crippen LogP contribution in [0.4, 0.5) is 4.79 Å². The topological polar surface area (TPSA) is 56.3 Å². The van der Waals surface area contributed by atoms with Crippen LogP contribution in [0, 0.1) is 5.92 Å². The van der Waals surface area contributed by atoms with Gasteiger partial charge in [-0.1, -0.05) is 25.1 Å². The second-order valence-corrected chi connectivity index (χ2v) is 7.75. The molecule has 0 saturated heterocycles. The fourth-order valence-corrected chi connectivity index (χ4v) is 3.91. The number of para-hydroxylation sites is 1. The first-order valence-corrected chi connectivity index (χ1v) is 8.39. The lowest BCUT2D eigenvalue weighted by Gasteiger charge is -2.36. The SMILES string of the molecule is CC(CN(C(=O)O)C(C)(C)C)C1CCc2[nH]c3ccccc3c21. The highest BCUT2D eigenvalue weighted by molar-refractivity contribution is 5.85. The number of nitrogens with zero attached hydrogens (tertiary/aromatic N) is 1. The van der Waals surface area contributed by atoms with Gasteiger partial charge >= 0.3 is 6.09 Å². The van der Waals surface area contributed by atoms with E-state index in [-0.39, 0.29) is 5.54 Å². The zero-order chi connectivity index (χ0) is 16.8. The van der Waals surface area contributed by atoms with Crippen LogP contribution >= 0.6 is 0 Å². The van der Waals surface area contributed by atoms with E-state index >= 15 is 0 Å². The van der Waals surface area contributed by atoms with Crippen LogP contribution in [-0.2, 0) is 6.42 Å². The van der Waals surface area contributed by atoms with Gasteiger partial charge in [0.05, 0.1) is 0 Å². The Kier molecular flexibility index (Phi) is 3.86. The summed E-state index contributed by atoms with van der Waals surface area (Å²) in [5, 5.41) is 10.8. The van der Waals surface area contributed by atoms with E-state index in [2.05, 4.69) is 36.2 Å². The van der Waals surface area contributed by atoms with Crippen LogP contribution in [0.25, 0.3) is 10.9 Å². The van der Waals surface area contributed by atoms with Crippen molar-refractivity contribution in [2.75, 3.05) is 6.54 Å². The number of carbonyl (C=O) groups is 1. The molecule has 0 saturated carbocycles. The molecule has 4 heteroatoms. The van der Waals surface area contributed by atoms with Crippen molar-refractivity contribution in [1.29, 1.82) is 0 Å². The van der Waals surface area contributed by atoms with Gasteiger partial charge in [0.1, 0.15) is 0 Å². The summed E-state index contributed by atoms with van der Waals surface area (Å²) in [5.74, 6) is 0.719. The van der Waals surface area contributed by atoms with Gasteiger partial charge in [0.2, 0.25) is 0 Å². The number of amides is 1. The summed E-state index contributed by atoms with van der Waals surface area (Å²) in [5.41, 5.74) is 3.57. The summed E-state index contributed by atoms with van der Waals surface area (Å²) in [4.78, 5) is 16.7. The number of H-pyrrole nitrogens is 1. The lowest BCUT2D eigenvalue weighted by atomic mass is 9.86. The largest absolute Gasteiger partial charge is 0.465 e. The van der Waals surface area contributed by atoms with Crippen molar-refractivity contribution in [3.05, 3.63) is 35.5 Å². The van der Waals surface area contributed by atoms with Crippen LogP contribution in [0.5, 0.6) is 0 Å². The normalized spacial score (nSPS) is 18.9. The first-order chi connectivity index (χ1) is 10.8. The lowest BCUT2D eigenvalue weighted by molar-refractivity contribution is 0.0873. The van der Waals surface area contributed by atoms with E-state index in [1.165, 1.54) is 22.2 Å². The number of benzene rings is 1. The van der Waals surface area contributed by atoms with Gasteiger partial charge in [-0.25, -0.2) is 4.79 Å². The molecule has 1 aliphatic rings. The second kappa shape index (κ2) is 5.59. The minimum absolute atomic E-state index is 0.297. The molecule has 0 radical (unpaired) electrons. The standard InChI is InChI=1S/C19H26N2O2/c1-12(11-21(18(22)23)19(2,3)4)13-9-10-16-17(13)14-7-5-6-8-15(14)20-16/h5-8,12-13,20H,9-11H2,1-4H3,(H,22,23). The summed E-state index contributed by atoms with van der Waals surface area (Å²) in [6, 6.07) is 8.43. The predicted octanol–water partition coefficient (Wildman–Crippen LogP) is 4.61. The van der Waals surface area contributed by atoms with Crippen molar-refractivity contribution in [2.45, 2.75) is 52.0 Å². The number of carboxylic acid groups (broad SMARTS) is 1. The number of aryl methyl sites for hydroxylation is 1. The summed E-state index contributed by atoms with van der Waals surface area (Å²) >= 11 is 0. The van der Waals surface area contributed by atoms with Gasteiger partial charge < -0.3 is 15.0 Å². The Hall–Kier alpha value is -1.97. The third kappa shape index (κ3) is 2.82. The van der Waals surface area contributed by atoms with Crippen LogP contribution in [0.2, 0.25) is 0 Å². The summed E-state index contributed by atoms with van der Waals surface area (Å²) in [6.45, 7) is 8.63.